The van der Waals surface area contributed by atoms with Crippen molar-refractivity contribution in [2.24, 2.45) is 0 Å². The Morgan fingerprint density at radius 2 is 1.70 bits per heavy atom. The first kappa shape index (κ1) is 16.1. The van der Waals surface area contributed by atoms with Crippen LogP contribution in [-0.2, 0) is 10.0 Å². The predicted octanol–water partition coefficient (Wildman–Crippen LogP) is 0.565. The van der Waals surface area contributed by atoms with Crippen LogP contribution < -0.4 is 9.47 Å². The fourth-order valence-corrected chi connectivity index (χ4v) is 3.53. The van der Waals surface area contributed by atoms with E-state index in [1.807, 2.05) is 0 Å². The van der Waals surface area contributed by atoms with E-state index in [4.69, 9.17) is 9.47 Å². The van der Waals surface area contributed by atoms with Crippen LogP contribution in [0.2, 0.25) is 0 Å². The number of piperazine rings is 1. The van der Waals surface area contributed by atoms with Gasteiger partial charge in [-0.1, -0.05) is 0 Å². The molecule has 2 aliphatic rings. The van der Waals surface area contributed by atoms with E-state index in [1.165, 1.54) is 10.6 Å². The van der Waals surface area contributed by atoms with E-state index >= 15 is 0 Å². The van der Waals surface area contributed by atoms with E-state index in [2.05, 4.69) is 0 Å². The van der Waals surface area contributed by atoms with Gasteiger partial charge in [0.15, 0.2) is 11.5 Å². The number of ether oxygens (including phenoxy) is 2. The van der Waals surface area contributed by atoms with E-state index < -0.39 is 10.0 Å². The molecule has 2 heterocycles. The average molecular weight is 340 g/mol. The molecule has 8 heteroatoms. The van der Waals surface area contributed by atoms with Gasteiger partial charge in [0.05, 0.1) is 19.5 Å². The fourth-order valence-electron chi connectivity index (χ4n) is 2.70. The maximum atomic E-state index is 12.6. The molecule has 126 valence electrons. The summed E-state index contributed by atoms with van der Waals surface area (Å²) < 4.78 is 35.6. The molecule has 0 unspecified atom stereocenters. The van der Waals surface area contributed by atoms with Gasteiger partial charge < -0.3 is 14.4 Å². The van der Waals surface area contributed by atoms with E-state index in [1.54, 1.807) is 23.1 Å². The SMILES string of the molecule is CS(=O)(=O)N1CCN(C(=O)c2ccc3c(c2)OCCCO3)CC1. The van der Waals surface area contributed by atoms with Crippen molar-refractivity contribution in [2.45, 2.75) is 6.42 Å². The molecule has 1 saturated heterocycles. The molecule has 0 atom stereocenters. The number of sulfonamides is 1. The number of nitrogens with zero attached hydrogens (tertiary/aromatic N) is 2. The lowest BCUT2D eigenvalue weighted by Gasteiger charge is -2.33. The van der Waals surface area contributed by atoms with Gasteiger partial charge in [0.2, 0.25) is 10.0 Å². The minimum absolute atomic E-state index is 0.117. The minimum atomic E-state index is -3.20. The molecule has 0 aromatic heterocycles. The second-order valence-corrected chi connectivity index (χ2v) is 7.65. The summed E-state index contributed by atoms with van der Waals surface area (Å²) in [6.45, 7) is 2.61. The zero-order valence-electron chi connectivity index (χ0n) is 13.0. The topological polar surface area (TPSA) is 76.2 Å². The van der Waals surface area contributed by atoms with Crippen molar-refractivity contribution in [3.8, 4) is 11.5 Å². The zero-order valence-corrected chi connectivity index (χ0v) is 13.8. The van der Waals surface area contributed by atoms with Gasteiger partial charge in [0.1, 0.15) is 0 Å². The third-order valence-corrected chi connectivity index (χ3v) is 5.29. The lowest BCUT2D eigenvalue weighted by atomic mass is 10.1. The quantitative estimate of drug-likeness (QED) is 0.786. The number of benzene rings is 1. The molecule has 1 fully saturated rings. The zero-order chi connectivity index (χ0) is 16.4. The average Bonchev–Trinajstić information content (AvgIpc) is 2.78. The highest BCUT2D eigenvalue weighted by molar-refractivity contribution is 7.88. The molecule has 1 aromatic rings. The number of carbonyl (C=O) groups is 1. The Labute approximate surface area is 135 Å². The van der Waals surface area contributed by atoms with Crippen molar-refractivity contribution in [1.29, 1.82) is 0 Å². The predicted molar refractivity (Wildman–Crippen MR) is 84.4 cm³/mol. The van der Waals surface area contributed by atoms with Crippen LogP contribution in [0.4, 0.5) is 0 Å². The largest absolute Gasteiger partial charge is 0.490 e. The van der Waals surface area contributed by atoms with Gasteiger partial charge in [-0.3, -0.25) is 4.79 Å². The van der Waals surface area contributed by atoms with E-state index in [9.17, 15) is 13.2 Å². The van der Waals surface area contributed by atoms with Crippen LogP contribution in [0.1, 0.15) is 16.8 Å². The molecule has 7 nitrogen and oxygen atoms in total. The highest BCUT2D eigenvalue weighted by Crippen LogP contribution is 2.30. The van der Waals surface area contributed by atoms with Gasteiger partial charge in [-0.2, -0.15) is 4.31 Å². The van der Waals surface area contributed by atoms with E-state index in [0.717, 1.165) is 6.42 Å². The van der Waals surface area contributed by atoms with Gasteiger partial charge in [-0.25, -0.2) is 8.42 Å². The molecule has 0 saturated carbocycles. The van der Waals surface area contributed by atoms with Crippen molar-refractivity contribution in [3.05, 3.63) is 23.8 Å². The molecule has 0 radical (unpaired) electrons. The fraction of sp³-hybridized carbons (Fsp3) is 0.533. The third kappa shape index (κ3) is 3.59. The summed E-state index contributed by atoms with van der Waals surface area (Å²) in [6.07, 6.45) is 2.00. The molecule has 2 aliphatic heterocycles. The number of hydrogen-bond acceptors (Lipinski definition) is 5. The van der Waals surface area contributed by atoms with Gasteiger partial charge in [-0.15, -0.1) is 0 Å². The third-order valence-electron chi connectivity index (χ3n) is 3.99. The van der Waals surface area contributed by atoms with Crippen molar-refractivity contribution >= 4 is 15.9 Å². The summed E-state index contributed by atoms with van der Waals surface area (Å²) in [5, 5.41) is 0. The lowest BCUT2D eigenvalue weighted by Crippen LogP contribution is -2.50. The van der Waals surface area contributed by atoms with Crippen LogP contribution in [0.15, 0.2) is 18.2 Å². The Morgan fingerprint density at radius 3 is 2.35 bits per heavy atom. The highest BCUT2D eigenvalue weighted by Gasteiger charge is 2.27. The molecule has 3 rings (SSSR count). The Bertz CT molecular complexity index is 696. The van der Waals surface area contributed by atoms with Gasteiger partial charge in [0, 0.05) is 38.2 Å². The van der Waals surface area contributed by atoms with Crippen LogP contribution in [0, 0.1) is 0 Å². The molecule has 0 spiro atoms. The number of carbonyl (C=O) groups excluding carboxylic acids is 1. The molecule has 0 N–H and O–H groups in total. The van der Waals surface area contributed by atoms with Crippen LogP contribution in [0.5, 0.6) is 11.5 Å². The number of fused-ring (bicyclic) bond motifs is 1. The van der Waals surface area contributed by atoms with Crippen LogP contribution in [0.3, 0.4) is 0 Å². The molecular formula is C15H20N2O5S. The smallest absolute Gasteiger partial charge is 0.254 e. The monoisotopic (exact) mass is 340 g/mol. The van der Waals surface area contributed by atoms with E-state index in [0.29, 0.717) is 56.5 Å². The summed E-state index contributed by atoms with van der Waals surface area (Å²) in [5.41, 5.74) is 0.530. The summed E-state index contributed by atoms with van der Waals surface area (Å²) in [5.74, 6) is 1.12. The van der Waals surface area contributed by atoms with Crippen molar-refractivity contribution in [2.75, 3.05) is 45.6 Å². The lowest BCUT2D eigenvalue weighted by molar-refractivity contribution is 0.0698. The second-order valence-electron chi connectivity index (χ2n) is 5.67. The summed E-state index contributed by atoms with van der Waals surface area (Å²) >= 11 is 0. The van der Waals surface area contributed by atoms with Crippen LogP contribution in [-0.4, -0.2) is 69.2 Å². The van der Waals surface area contributed by atoms with Crippen molar-refractivity contribution < 1.29 is 22.7 Å². The van der Waals surface area contributed by atoms with Gasteiger partial charge in [0.25, 0.3) is 5.91 Å². The Morgan fingerprint density at radius 1 is 1.04 bits per heavy atom. The maximum Gasteiger partial charge on any atom is 0.254 e. The van der Waals surface area contributed by atoms with Crippen LogP contribution >= 0.6 is 0 Å². The molecule has 23 heavy (non-hydrogen) atoms. The molecule has 0 aliphatic carbocycles. The van der Waals surface area contributed by atoms with Crippen molar-refractivity contribution in [3.63, 3.8) is 0 Å². The molecule has 1 aromatic carbocycles. The van der Waals surface area contributed by atoms with Gasteiger partial charge in [-0.05, 0) is 18.2 Å². The number of rotatable bonds is 2. The Kier molecular flexibility index (Phi) is 4.45. The summed E-state index contributed by atoms with van der Waals surface area (Å²) in [4.78, 5) is 14.3. The normalized spacial score (nSPS) is 19.3. The van der Waals surface area contributed by atoms with E-state index in [-0.39, 0.29) is 5.91 Å². The summed E-state index contributed by atoms with van der Waals surface area (Å²) in [6, 6.07) is 5.17. The minimum Gasteiger partial charge on any atom is -0.490 e. The first-order valence-electron chi connectivity index (χ1n) is 7.59. The number of amides is 1. The standard InChI is InChI=1S/C15H20N2O5S/c1-23(19,20)17-7-5-16(6-8-17)15(18)12-3-4-13-14(11-12)22-10-2-9-21-13/h3-4,11H,2,5-10H2,1H3. The number of hydrogen-bond donors (Lipinski definition) is 0. The molecule has 1 amide bonds. The first-order valence-corrected chi connectivity index (χ1v) is 9.44. The molecular weight excluding hydrogens is 320 g/mol. The molecule has 0 bridgehead atoms. The first-order chi connectivity index (χ1) is 10.9. The highest BCUT2D eigenvalue weighted by atomic mass is 32.2. The van der Waals surface area contributed by atoms with Crippen molar-refractivity contribution in [1.82, 2.24) is 9.21 Å². The van der Waals surface area contributed by atoms with Gasteiger partial charge >= 0.3 is 0 Å². The second kappa shape index (κ2) is 6.37. The maximum absolute atomic E-state index is 12.6. The summed E-state index contributed by atoms with van der Waals surface area (Å²) in [7, 11) is -3.20. The Balaban J connectivity index is 1.71. The van der Waals surface area contributed by atoms with Crippen LogP contribution in [0.25, 0.3) is 0 Å². The Hall–Kier alpha value is -1.80.